The van der Waals surface area contributed by atoms with Gasteiger partial charge in [-0.3, -0.25) is 24.0 Å². The molecule has 8 nitrogen and oxygen atoms in total. The molecule has 1 unspecified atom stereocenters. The number of aliphatic hydroxyl groups is 1. The van der Waals surface area contributed by atoms with Crippen LogP contribution in [0.4, 0.5) is 5.82 Å². The van der Waals surface area contributed by atoms with Gasteiger partial charge in [0.15, 0.2) is 0 Å². The van der Waals surface area contributed by atoms with Crippen molar-refractivity contribution in [1.29, 1.82) is 5.26 Å². The molecule has 2 aliphatic rings. The summed E-state index contributed by atoms with van der Waals surface area (Å²) in [7, 11) is 0. The summed E-state index contributed by atoms with van der Waals surface area (Å²) in [5.74, 6) is 0.599. The second-order valence-corrected chi connectivity index (χ2v) is 9.94. The molecule has 178 valence electrons. The lowest BCUT2D eigenvalue weighted by Crippen LogP contribution is -2.49. The lowest BCUT2D eigenvalue weighted by atomic mass is 10.0. The molecule has 0 spiro atoms. The van der Waals surface area contributed by atoms with Gasteiger partial charge in [0, 0.05) is 50.9 Å². The van der Waals surface area contributed by atoms with Gasteiger partial charge in [0.05, 0.1) is 11.5 Å². The van der Waals surface area contributed by atoms with Crippen molar-refractivity contribution >= 4 is 46.1 Å². The average Bonchev–Trinajstić information content (AvgIpc) is 3.08. The Morgan fingerprint density at radius 2 is 1.91 bits per heavy atom. The largest absolute Gasteiger partial charge is 0.395 e. The van der Waals surface area contributed by atoms with Gasteiger partial charge < -0.3 is 10.0 Å². The normalized spacial score (nSPS) is 19.5. The number of nitriles is 1. The number of aliphatic hydroxyl groups excluding tert-OH is 1. The average molecular weight is 490 g/mol. The van der Waals surface area contributed by atoms with E-state index in [4.69, 9.17) is 12.2 Å². The molecular weight excluding hydrogens is 458 g/mol. The molecule has 33 heavy (non-hydrogen) atoms. The number of thioether (sulfide) groups is 1. The minimum atomic E-state index is -0.311. The van der Waals surface area contributed by atoms with Gasteiger partial charge in [0.25, 0.3) is 11.5 Å². The van der Waals surface area contributed by atoms with Crippen molar-refractivity contribution in [3.63, 3.8) is 0 Å². The monoisotopic (exact) mass is 489 g/mol. The summed E-state index contributed by atoms with van der Waals surface area (Å²) >= 11 is 6.75. The van der Waals surface area contributed by atoms with Crippen LogP contribution in [0.1, 0.15) is 43.9 Å². The van der Waals surface area contributed by atoms with E-state index >= 15 is 0 Å². The maximum atomic E-state index is 13.2. The number of piperazine rings is 1. The molecule has 0 aromatic carbocycles. The van der Waals surface area contributed by atoms with Crippen LogP contribution in [0.3, 0.4) is 0 Å². The smallest absolute Gasteiger partial charge is 0.270 e. The quantitative estimate of drug-likeness (QED) is 0.460. The minimum absolute atomic E-state index is 0.00262. The second-order valence-electron chi connectivity index (χ2n) is 8.26. The van der Waals surface area contributed by atoms with Gasteiger partial charge in [-0.2, -0.15) is 5.26 Å². The third-order valence-electron chi connectivity index (χ3n) is 6.38. The predicted molar refractivity (Wildman–Crippen MR) is 136 cm³/mol. The number of amides is 1. The number of hydrogen-bond donors (Lipinski definition) is 1. The summed E-state index contributed by atoms with van der Waals surface area (Å²) in [5.41, 5.74) is 1.08. The molecule has 1 aromatic rings. The second kappa shape index (κ2) is 10.8. The van der Waals surface area contributed by atoms with Crippen LogP contribution in [0.25, 0.3) is 6.08 Å². The predicted octanol–water partition coefficient (Wildman–Crippen LogP) is 2.16. The molecule has 1 N–H and O–H groups in total. The van der Waals surface area contributed by atoms with Crippen molar-refractivity contribution in [1.82, 2.24) is 14.4 Å². The Balaban J connectivity index is 2.14. The molecule has 3 heterocycles. The Morgan fingerprint density at radius 1 is 1.24 bits per heavy atom. The van der Waals surface area contributed by atoms with Gasteiger partial charge in [0.2, 0.25) is 0 Å². The minimum Gasteiger partial charge on any atom is -0.395 e. The fraction of sp³-hybridized carbons (Fsp3) is 0.565. The molecule has 0 saturated carbocycles. The number of carbonyl (C=O) groups is 1. The number of thiocarbonyl (C=S) groups is 1. The molecule has 2 fully saturated rings. The highest BCUT2D eigenvalue weighted by molar-refractivity contribution is 8.26. The number of carbonyl (C=O) groups excluding carboxylic acids is 1. The first-order chi connectivity index (χ1) is 15.8. The lowest BCUT2D eigenvalue weighted by molar-refractivity contribution is -0.123. The maximum absolute atomic E-state index is 13.2. The van der Waals surface area contributed by atoms with Crippen molar-refractivity contribution < 1.29 is 9.90 Å². The summed E-state index contributed by atoms with van der Waals surface area (Å²) in [5, 5.41) is 19.0. The molecule has 0 radical (unpaired) electrons. The van der Waals surface area contributed by atoms with E-state index in [-0.39, 0.29) is 29.7 Å². The highest BCUT2D eigenvalue weighted by atomic mass is 32.2. The lowest BCUT2D eigenvalue weighted by Gasteiger charge is -2.38. The Bertz CT molecular complexity index is 1070. The summed E-state index contributed by atoms with van der Waals surface area (Å²) in [6, 6.07) is 2.07. The number of β-amino-alcohol motifs (C(OH)–C–C–N with tert-alkyl or cyclic N) is 1. The fourth-order valence-corrected chi connectivity index (χ4v) is 5.72. The van der Waals surface area contributed by atoms with Gasteiger partial charge >= 0.3 is 0 Å². The van der Waals surface area contributed by atoms with E-state index in [1.165, 1.54) is 11.8 Å². The number of aromatic nitrogens is 1. The molecule has 1 atom stereocenters. The van der Waals surface area contributed by atoms with E-state index in [0.717, 1.165) is 25.3 Å². The van der Waals surface area contributed by atoms with Crippen LogP contribution in [0.2, 0.25) is 0 Å². The number of nitrogens with zero attached hydrogens (tertiary/aromatic N) is 5. The van der Waals surface area contributed by atoms with Gasteiger partial charge in [-0.15, -0.1) is 0 Å². The van der Waals surface area contributed by atoms with Crippen molar-refractivity contribution in [3.8, 4) is 6.07 Å². The zero-order valence-electron chi connectivity index (χ0n) is 19.6. The Hall–Kier alpha value is -2.19. The molecule has 10 heteroatoms. The number of anilines is 1. The highest BCUT2D eigenvalue weighted by Crippen LogP contribution is 2.37. The van der Waals surface area contributed by atoms with Gasteiger partial charge in [0.1, 0.15) is 21.8 Å². The van der Waals surface area contributed by atoms with E-state index in [0.29, 0.717) is 46.5 Å². The van der Waals surface area contributed by atoms with Crippen LogP contribution in [0.15, 0.2) is 9.70 Å². The Morgan fingerprint density at radius 3 is 2.45 bits per heavy atom. The van der Waals surface area contributed by atoms with E-state index in [9.17, 15) is 20.0 Å². The first-order valence-electron chi connectivity index (χ1n) is 11.3. The zero-order valence-corrected chi connectivity index (χ0v) is 21.3. The molecule has 3 rings (SSSR count). The van der Waals surface area contributed by atoms with Gasteiger partial charge in [-0.05, 0) is 38.8 Å². The molecule has 0 aliphatic carbocycles. The first-order valence-corrected chi connectivity index (χ1v) is 12.5. The summed E-state index contributed by atoms with van der Waals surface area (Å²) in [6.07, 6.45) is 2.60. The molecule has 2 aliphatic heterocycles. The van der Waals surface area contributed by atoms with Crippen LogP contribution < -0.4 is 10.5 Å². The standard InChI is InChI=1S/C23H31N5O3S2/c1-5-15(3)28-22(31)19(33-23(28)32)13-17-16(4)18(14-24)21(30)27(6-2)20(17)26-9-7-25(8-10-26)11-12-29/h13,15,29H,5-12H2,1-4H3/b19-13-. The van der Waals surface area contributed by atoms with Gasteiger partial charge in [-0.1, -0.05) is 30.9 Å². The zero-order chi connectivity index (χ0) is 24.3. The highest BCUT2D eigenvalue weighted by Gasteiger charge is 2.35. The maximum Gasteiger partial charge on any atom is 0.270 e. The SMILES string of the molecule is CCC(C)N1C(=O)/C(=C/c2c(C)c(C#N)c(=O)n(CC)c2N2CCN(CCO)CC2)SC1=S. The number of pyridine rings is 1. The Kier molecular flexibility index (Phi) is 8.34. The Labute approximate surface area is 204 Å². The van der Waals surface area contributed by atoms with Crippen molar-refractivity contribution in [3.05, 3.63) is 31.9 Å². The van der Waals surface area contributed by atoms with Crippen LogP contribution in [-0.2, 0) is 11.3 Å². The van der Waals surface area contributed by atoms with Crippen molar-refractivity contribution in [2.45, 2.75) is 46.7 Å². The van der Waals surface area contributed by atoms with Crippen LogP contribution in [-0.4, -0.2) is 75.1 Å². The van der Waals surface area contributed by atoms with E-state index in [2.05, 4.69) is 15.9 Å². The molecule has 1 amide bonds. The van der Waals surface area contributed by atoms with Crippen LogP contribution >= 0.6 is 24.0 Å². The number of rotatable bonds is 7. The van der Waals surface area contributed by atoms with Crippen molar-refractivity contribution in [2.75, 3.05) is 44.2 Å². The van der Waals surface area contributed by atoms with E-state index < -0.39 is 0 Å². The fourth-order valence-electron chi connectivity index (χ4n) is 4.28. The topological polar surface area (TPSA) is 92.8 Å². The third kappa shape index (κ3) is 4.87. The first kappa shape index (κ1) is 25.4. The molecule has 0 bridgehead atoms. The third-order valence-corrected chi connectivity index (χ3v) is 7.71. The summed E-state index contributed by atoms with van der Waals surface area (Å²) < 4.78 is 2.16. The summed E-state index contributed by atoms with van der Waals surface area (Å²) in [6.45, 7) is 11.7. The van der Waals surface area contributed by atoms with Crippen LogP contribution in [0.5, 0.6) is 0 Å². The van der Waals surface area contributed by atoms with Gasteiger partial charge in [-0.25, -0.2) is 0 Å². The van der Waals surface area contributed by atoms with E-state index in [1.807, 2.05) is 20.8 Å². The molecule has 2 saturated heterocycles. The van der Waals surface area contributed by atoms with Crippen LogP contribution in [0, 0.1) is 18.3 Å². The van der Waals surface area contributed by atoms with Crippen molar-refractivity contribution in [2.24, 2.45) is 0 Å². The van der Waals surface area contributed by atoms with E-state index in [1.54, 1.807) is 22.5 Å². The molecular formula is C23H31N5O3S2. The molecule has 1 aromatic heterocycles. The summed E-state index contributed by atoms with van der Waals surface area (Å²) in [4.78, 5) is 32.8. The number of hydrogen-bond acceptors (Lipinski definition) is 8.